The highest BCUT2D eigenvalue weighted by Gasteiger charge is 2.17. The lowest BCUT2D eigenvalue weighted by Gasteiger charge is -2.21. The number of methoxy groups -OCH3 is 1. The Balaban J connectivity index is 2.36. The number of aromatic nitrogens is 1. The van der Waals surface area contributed by atoms with Gasteiger partial charge in [-0.2, -0.15) is 0 Å². The highest BCUT2D eigenvalue weighted by Crippen LogP contribution is 2.16. The van der Waals surface area contributed by atoms with Crippen LogP contribution >= 0.6 is 11.3 Å². The molecule has 0 radical (unpaired) electrons. The quantitative estimate of drug-likeness (QED) is 0.493. The molecule has 6 nitrogen and oxygen atoms in total. The zero-order valence-electron chi connectivity index (χ0n) is 16.4. The maximum absolute atomic E-state index is 12.5. The number of thiazole rings is 1. The van der Waals surface area contributed by atoms with Crippen LogP contribution in [-0.4, -0.2) is 48.5 Å². The van der Waals surface area contributed by atoms with Crippen molar-refractivity contribution in [3.63, 3.8) is 0 Å². The Bertz CT molecular complexity index is 534. The van der Waals surface area contributed by atoms with Gasteiger partial charge in [-0.05, 0) is 13.3 Å². The molecule has 1 aromatic rings. The lowest BCUT2D eigenvalue weighted by Crippen LogP contribution is -2.39. The molecule has 0 saturated carbocycles. The van der Waals surface area contributed by atoms with Crippen LogP contribution in [0.5, 0.6) is 0 Å². The molecular weight excluding hydrogens is 350 g/mol. The number of aryl methyl sites for hydroxylation is 1. The fourth-order valence-electron chi connectivity index (χ4n) is 2.63. The number of ether oxygens (including phenoxy) is 1. The van der Waals surface area contributed by atoms with E-state index in [-0.39, 0.29) is 18.4 Å². The summed E-state index contributed by atoms with van der Waals surface area (Å²) in [6, 6.07) is 0. The van der Waals surface area contributed by atoms with Gasteiger partial charge in [0.1, 0.15) is 6.54 Å². The molecule has 1 aromatic heterocycles. The molecule has 0 aromatic carbocycles. The van der Waals surface area contributed by atoms with E-state index in [0.29, 0.717) is 24.7 Å². The normalized spacial score (nSPS) is 10.7. The summed E-state index contributed by atoms with van der Waals surface area (Å²) >= 11 is 1.42. The summed E-state index contributed by atoms with van der Waals surface area (Å²) in [5, 5.41) is 3.32. The van der Waals surface area contributed by atoms with Crippen molar-refractivity contribution in [3.05, 3.63) is 11.1 Å². The zero-order valence-corrected chi connectivity index (χ0v) is 17.2. The van der Waals surface area contributed by atoms with E-state index in [4.69, 9.17) is 4.74 Å². The van der Waals surface area contributed by atoms with Gasteiger partial charge in [0.2, 0.25) is 11.8 Å². The number of hydrogen-bond acceptors (Lipinski definition) is 5. The van der Waals surface area contributed by atoms with Crippen molar-refractivity contribution in [3.8, 4) is 0 Å². The van der Waals surface area contributed by atoms with E-state index in [1.54, 1.807) is 18.2 Å². The van der Waals surface area contributed by atoms with Crippen LogP contribution in [-0.2, 0) is 14.3 Å². The van der Waals surface area contributed by atoms with E-state index < -0.39 is 0 Å². The molecule has 0 fully saturated rings. The van der Waals surface area contributed by atoms with E-state index in [0.717, 1.165) is 17.7 Å². The van der Waals surface area contributed by atoms with Gasteiger partial charge in [0.15, 0.2) is 5.13 Å². The summed E-state index contributed by atoms with van der Waals surface area (Å²) in [7, 11) is 1.59. The Labute approximate surface area is 161 Å². The van der Waals surface area contributed by atoms with E-state index >= 15 is 0 Å². The van der Waals surface area contributed by atoms with Gasteiger partial charge in [0.05, 0.1) is 6.61 Å². The molecule has 0 spiro atoms. The minimum absolute atomic E-state index is 0.0149. The molecule has 26 heavy (non-hydrogen) atoms. The molecule has 0 saturated heterocycles. The highest BCUT2D eigenvalue weighted by molar-refractivity contribution is 7.15. The standard InChI is InChI=1S/C19H33N3O3S/c1-4-5-6-7-8-9-10-11-18(24)22(12-13-25-3)15-17(23)21-19-20-14-16(2)26-19/h14H,4-13,15H2,1-3H3,(H,20,21,23). The lowest BCUT2D eigenvalue weighted by molar-refractivity contribution is -0.135. The maximum Gasteiger partial charge on any atom is 0.245 e. The molecule has 0 aliphatic rings. The number of nitrogens with zero attached hydrogens (tertiary/aromatic N) is 2. The van der Waals surface area contributed by atoms with Crippen molar-refractivity contribution in [1.82, 2.24) is 9.88 Å². The average Bonchev–Trinajstić information content (AvgIpc) is 3.02. The average molecular weight is 384 g/mol. The molecule has 0 atom stereocenters. The molecule has 1 N–H and O–H groups in total. The zero-order chi connectivity index (χ0) is 19.2. The highest BCUT2D eigenvalue weighted by atomic mass is 32.1. The van der Waals surface area contributed by atoms with Gasteiger partial charge >= 0.3 is 0 Å². The van der Waals surface area contributed by atoms with Gasteiger partial charge in [-0.15, -0.1) is 11.3 Å². The van der Waals surface area contributed by atoms with Crippen molar-refractivity contribution in [2.24, 2.45) is 0 Å². The molecular formula is C19H33N3O3S. The number of carbonyl (C=O) groups is 2. The molecule has 0 bridgehead atoms. The lowest BCUT2D eigenvalue weighted by atomic mass is 10.1. The SMILES string of the molecule is CCCCCCCCCC(=O)N(CCOC)CC(=O)Nc1ncc(C)s1. The number of rotatable bonds is 14. The molecule has 0 aliphatic heterocycles. The second-order valence-corrected chi connectivity index (χ2v) is 7.74. The molecule has 148 valence electrons. The minimum atomic E-state index is -0.219. The third-order valence-corrected chi connectivity index (χ3v) is 4.94. The third kappa shape index (κ3) is 9.87. The largest absolute Gasteiger partial charge is 0.383 e. The smallest absolute Gasteiger partial charge is 0.245 e. The molecule has 1 rings (SSSR count). The van der Waals surface area contributed by atoms with Crippen LogP contribution in [0.2, 0.25) is 0 Å². The Hall–Kier alpha value is -1.47. The fraction of sp³-hybridized carbons (Fsp3) is 0.737. The summed E-state index contributed by atoms with van der Waals surface area (Å²) in [4.78, 5) is 31.4. The van der Waals surface area contributed by atoms with E-state index in [2.05, 4.69) is 17.2 Å². The second-order valence-electron chi connectivity index (χ2n) is 6.50. The number of anilines is 1. The first-order valence-corrected chi connectivity index (χ1v) is 10.4. The van der Waals surface area contributed by atoms with Crippen molar-refractivity contribution in [2.75, 3.05) is 32.1 Å². The molecule has 2 amide bonds. The molecule has 0 unspecified atom stereocenters. The first-order chi connectivity index (χ1) is 12.6. The molecule has 7 heteroatoms. The van der Waals surface area contributed by atoms with Crippen LogP contribution in [0.1, 0.15) is 63.2 Å². The predicted molar refractivity (Wildman–Crippen MR) is 107 cm³/mol. The predicted octanol–water partition coefficient (Wildman–Crippen LogP) is 4.01. The fourth-order valence-corrected chi connectivity index (χ4v) is 3.31. The number of nitrogens with one attached hydrogen (secondary N) is 1. The number of hydrogen-bond donors (Lipinski definition) is 1. The minimum Gasteiger partial charge on any atom is -0.383 e. The summed E-state index contributed by atoms with van der Waals surface area (Å²) in [5.74, 6) is -0.204. The van der Waals surface area contributed by atoms with Crippen LogP contribution in [0, 0.1) is 6.92 Å². The van der Waals surface area contributed by atoms with Crippen molar-refractivity contribution >= 4 is 28.3 Å². The topological polar surface area (TPSA) is 71.5 Å². The van der Waals surface area contributed by atoms with Crippen LogP contribution in [0.25, 0.3) is 0 Å². The Morgan fingerprint density at radius 2 is 1.88 bits per heavy atom. The summed E-state index contributed by atoms with van der Waals surface area (Å²) in [5.41, 5.74) is 0. The number of amides is 2. The van der Waals surface area contributed by atoms with Crippen LogP contribution in [0.4, 0.5) is 5.13 Å². The summed E-state index contributed by atoms with van der Waals surface area (Å²) < 4.78 is 5.07. The molecule has 0 aliphatic carbocycles. The van der Waals surface area contributed by atoms with E-state index in [9.17, 15) is 9.59 Å². The molecule has 1 heterocycles. The van der Waals surface area contributed by atoms with Gasteiger partial charge in [-0.3, -0.25) is 9.59 Å². The van der Waals surface area contributed by atoms with Crippen LogP contribution in [0.3, 0.4) is 0 Å². The van der Waals surface area contributed by atoms with E-state index in [1.165, 1.54) is 43.4 Å². The first-order valence-electron chi connectivity index (χ1n) is 9.55. The maximum atomic E-state index is 12.5. The Morgan fingerprint density at radius 3 is 2.50 bits per heavy atom. The summed E-state index contributed by atoms with van der Waals surface area (Å²) in [6.07, 6.45) is 10.4. The third-order valence-electron chi connectivity index (χ3n) is 4.11. The van der Waals surface area contributed by atoms with Crippen LogP contribution < -0.4 is 5.32 Å². The summed E-state index contributed by atoms with van der Waals surface area (Å²) in [6.45, 7) is 5.03. The van der Waals surface area contributed by atoms with Crippen molar-refractivity contribution < 1.29 is 14.3 Å². The Morgan fingerprint density at radius 1 is 1.19 bits per heavy atom. The van der Waals surface area contributed by atoms with Gasteiger partial charge in [0, 0.05) is 31.1 Å². The monoisotopic (exact) mass is 383 g/mol. The van der Waals surface area contributed by atoms with Gasteiger partial charge in [0.25, 0.3) is 0 Å². The number of unbranched alkanes of at least 4 members (excludes halogenated alkanes) is 6. The van der Waals surface area contributed by atoms with Crippen LogP contribution in [0.15, 0.2) is 6.20 Å². The second kappa shape index (κ2) is 13.7. The first kappa shape index (κ1) is 22.6. The van der Waals surface area contributed by atoms with E-state index in [1.807, 2.05) is 6.92 Å². The van der Waals surface area contributed by atoms with Gasteiger partial charge < -0.3 is 15.0 Å². The van der Waals surface area contributed by atoms with Gasteiger partial charge in [-0.25, -0.2) is 4.98 Å². The van der Waals surface area contributed by atoms with Crippen molar-refractivity contribution in [1.29, 1.82) is 0 Å². The van der Waals surface area contributed by atoms with Crippen molar-refractivity contribution in [2.45, 2.75) is 65.2 Å². The number of carbonyl (C=O) groups excluding carboxylic acids is 2. The van der Waals surface area contributed by atoms with Gasteiger partial charge in [-0.1, -0.05) is 45.4 Å². The Kier molecular flexibility index (Phi) is 11.9.